The SMILES string of the molecule is CCCCCC(=O)N1CCC(C(=O)O)CC1. The zero-order chi connectivity index (χ0) is 12.0. The van der Waals surface area contributed by atoms with Crippen LogP contribution in [0.2, 0.25) is 0 Å². The van der Waals surface area contributed by atoms with Crippen LogP contribution in [0.15, 0.2) is 0 Å². The average molecular weight is 227 g/mol. The smallest absolute Gasteiger partial charge is 0.306 e. The zero-order valence-corrected chi connectivity index (χ0v) is 9.95. The molecule has 1 N–H and O–H groups in total. The summed E-state index contributed by atoms with van der Waals surface area (Å²) < 4.78 is 0. The van der Waals surface area contributed by atoms with Gasteiger partial charge in [-0.1, -0.05) is 19.8 Å². The second kappa shape index (κ2) is 6.51. The van der Waals surface area contributed by atoms with Crippen LogP contribution in [0.5, 0.6) is 0 Å². The van der Waals surface area contributed by atoms with E-state index in [0.29, 0.717) is 32.4 Å². The molecule has 0 bridgehead atoms. The maximum absolute atomic E-state index is 11.7. The molecule has 0 spiro atoms. The van der Waals surface area contributed by atoms with Gasteiger partial charge in [-0.15, -0.1) is 0 Å². The number of likely N-dealkylation sites (tertiary alicyclic amines) is 1. The molecule has 1 amide bonds. The Morgan fingerprint density at radius 3 is 2.38 bits per heavy atom. The molecule has 0 aromatic carbocycles. The Hall–Kier alpha value is -1.06. The molecule has 0 unspecified atom stereocenters. The van der Waals surface area contributed by atoms with Crippen molar-refractivity contribution in [1.29, 1.82) is 0 Å². The van der Waals surface area contributed by atoms with Gasteiger partial charge < -0.3 is 10.0 Å². The standard InChI is InChI=1S/C12H21NO3/c1-2-3-4-5-11(14)13-8-6-10(7-9-13)12(15)16/h10H,2-9H2,1H3,(H,15,16). The minimum absolute atomic E-state index is 0.192. The van der Waals surface area contributed by atoms with Crippen molar-refractivity contribution in [3.8, 4) is 0 Å². The fraction of sp³-hybridized carbons (Fsp3) is 0.833. The minimum Gasteiger partial charge on any atom is -0.481 e. The lowest BCUT2D eigenvalue weighted by Crippen LogP contribution is -2.40. The first-order valence-corrected chi connectivity index (χ1v) is 6.15. The van der Waals surface area contributed by atoms with E-state index in [2.05, 4.69) is 6.92 Å². The van der Waals surface area contributed by atoms with Crippen LogP contribution in [0, 0.1) is 5.92 Å². The van der Waals surface area contributed by atoms with E-state index < -0.39 is 5.97 Å². The number of carbonyl (C=O) groups excluding carboxylic acids is 1. The summed E-state index contributed by atoms with van der Waals surface area (Å²) in [6, 6.07) is 0. The number of carboxylic acid groups (broad SMARTS) is 1. The van der Waals surface area contributed by atoms with Gasteiger partial charge in [-0.05, 0) is 19.3 Å². The molecule has 0 aromatic heterocycles. The zero-order valence-electron chi connectivity index (χ0n) is 9.95. The molecule has 1 aliphatic rings. The predicted molar refractivity (Wildman–Crippen MR) is 61.1 cm³/mol. The summed E-state index contributed by atoms with van der Waals surface area (Å²) in [5, 5.41) is 8.83. The summed E-state index contributed by atoms with van der Waals surface area (Å²) in [5.41, 5.74) is 0. The van der Waals surface area contributed by atoms with E-state index in [1.165, 1.54) is 0 Å². The largest absolute Gasteiger partial charge is 0.481 e. The van der Waals surface area contributed by atoms with Crippen molar-refractivity contribution in [2.45, 2.75) is 45.4 Å². The Morgan fingerprint density at radius 1 is 1.25 bits per heavy atom. The summed E-state index contributed by atoms with van der Waals surface area (Å²) in [4.78, 5) is 24.3. The number of carboxylic acids is 1. The molecule has 1 rings (SSSR count). The highest BCUT2D eigenvalue weighted by molar-refractivity contribution is 5.77. The molecule has 0 atom stereocenters. The average Bonchev–Trinajstić information content (AvgIpc) is 2.29. The van der Waals surface area contributed by atoms with Crippen LogP contribution in [-0.2, 0) is 9.59 Å². The van der Waals surface area contributed by atoms with Gasteiger partial charge in [-0.3, -0.25) is 9.59 Å². The third-order valence-electron chi connectivity index (χ3n) is 3.19. The minimum atomic E-state index is -0.724. The molecule has 1 saturated heterocycles. The first-order chi connectivity index (χ1) is 7.65. The molecule has 1 fully saturated rings. The van der Waals surface area contributed by atoms with Crippen molar-refractivity contribution < 1.29 is 14.7 Å². The third-order valence-corrected chi connectivity index (χ3v) is 3.19. The molecule has 92 valence electrons. The molecule has 1 heterocycles. The van der Waals surface area contributed by atoms with E-state index in [9.17, 15) is 9.59 Å². The number of nitrogens with zero attached hydrogens (tertiary/aromatic N) is 1. The number of hydrogen-bond donors (Lipinski definition) is 1. The van der Waals surface area contributed by atoms with E-state index in [-0.39, 0.29) is 11.8 Å². The third kappa shape index (κ3) is 3.83. The van der Waals surface area contributed by atoms with Crippen molar-refractivity contribution in [2.24, 2.45) is 5.92 Å². The highest BCUT2D eigenvalue weighted by Gasteiger charge is 2.26. The van der Waals surface area contributed by atoms with E-state index in [0.717, 1.165) is 19.3 Å². The molecule has 4 nitrogen and oxygen atoms in total. The first kappa shape index (κ1) is 13.0. The summed E-state index contributed by atoms with van der Waals surface area (Å²) >= 11 is 0. The van der Waals surface area contributed by atoms with Crippen LogP contribution in [0.25, 0.3) is 0 Å². The lowest BCUT2D eigenvalue weighted by Gasteiger charge is -2.30. The molecule has 0 saturated carbocycles. The molecule has 0 aliphatic carbocycles. The van der Waals surface area contributed by atoms with Crippen LogP contribution < -0.4 is 0 Å². The van der Waals surface area contributed by atoms with Crippen LogP contribution in [0.4, 0.5) is 0 Å². The number of piperidine rings is 1. The van der Waals surface area contributed by atoms with Gasteiger partial charge in [-0.25, -0.2) is 0 Å². The summed E-state index contributed by atoms with van der Waals surface area (Å²) in [5.74, 6) is -0.782. The van der Waals surface area contributed by atoms with E-state index in [1.54, 1.807) is 0 Å². The molecule has 1 aliphatic heterocycles. The van der Waals surface area contributed by atoms with Gasteiger partial charge in [0.2, 0.25) is 5.91 Å². The Bertz CT molecular complexity index is 245. The molecule has 0 radical (unpaired) electrons. The first-order valence-electron chi connectivity index (χ1n) is 6.15. The van der Waals surface area contributed by atoms with E-state index >= 15 is 0 Å². The Balaban J connectivity index is 2.25. The number of rotatable bonds is 5. The van der Waals surface area contributed by atoms with Crippen molar-refractivity contribution >= 4 is 11.9 Å². The van der Waals surface area contributed by atoms with Gasteiger partial charge in [0.25, 0.3) is 0 Å². The second-order valence-electron chi connectivity index (χ2n) is 4.45. The van der Waals surface area contributed by atoms with Gasteiger partial charge in [0.1, 0.15) is 0 Å². The number of aliphatic carboxylic acids is 1. The molecule has 4 heteroatoms. The van der Waals surface area contributed by atoms with Gasteiger partial charge in [0.15, 0.2) is 0 Å². The number of hydrogen-bond acceptors (Lipinski definition) is 2. The van der Waals surface area contributed by atoms with Crippen LogP contribution in [-0.4, -0.2) is 35.0 Å². The van der Waals surface area contributed by atoms with Crippen molar-refractivity contribution in [1.82, 2.24) is 4.90 Å². The molecular weight excluding hydrogens is 206 g/mol. The van der Waals surface area contributed by atoms with Crippen LogP contribution in [0.3, 0.4) is 0 Å². The molecule has 0 aromatic rings. The monoisotopic (exact) mass is 227 g/mol. The number of amides is 1. The van der Waals surface area contributed by atoms with Gasteiger partial charge in [0, 0.05) is 19.5 Å². The quantitative estimate of drug-likeness (QED) is 0.730. The lowest BCUT2D eigenvalue weighted by atomic mass is 9.97. The Kier molecular flexibility index (Phi) is 5.29. The topological polar surface area (TPSA) is 57.6 Å². The van der Waals surface area contributed by atoms with Crippen LogP contribution in [0.1, 0.15) is 45.4 Å². The van der Waals surface area contributed by atoms with E-state index in [4.69, 9.17) is 5.11 Å². The van der Waals surface area contributed by atoms with Crippen LogP contribution >= 0.6 is 0 Å². The fourth-order valence-corrected chi connectivity index (χ4v) is 2.06. The van der Waals surface area contributed by atoms with E-state index in [1.807, 2.05) is 4.90 Å². The predicted octanol–water partition coefficient (Wildman–Crippen LogP) is 1.89. The summed E-state index contributed by atoms with van der Waals surface area (Å²) in [7, 11) is 0. The normalized spacial score (nSPS) is 17.4. The summed E-state index contributed by atoms with van der Waals surface area (Å²) in [6.07, 6.45) is 5.00. The van der Waals surface area contributed by atoms with Gasteiger partial charge in [-0.2, -0.15) is 0 Å². The highest BCUT2D eigenvalue weighted by Crippen LogP contribution is 2.18. The Morgan fingerprint density at radius 2 is 1.88 bits per heavy atom. The van der Waals surface area contributed by atoms with Crippen molar-refractivity contribution in [2.75, 3.05) is 13.1 Å². The molecular formula is C12H21NO3. The number of carbonyl (C=O) groups is 2. The maximum Gasteiger partial charge on any atom is 0.306 e. The fourth-order valence-electron chi connectivity index (χ4n) is 2.06. The van der Waals surface area contributed by atoms with Gasteiger partial charge >= 0.3 is 5.97 Å². The Labute approximate surface area is 96.6 Å². The summed E-state index contributed by atoms with van der Waals surface area (Å²) in [6.45, 7) is 3.34. The second-order valence-corrected chi connectivity index (χ2v) is 4.45. The van der Waals surface area contributed by atoms with Crippen molar-refractivity contribution in [3.63, 3.8) is 0 Å². The van der Waals surface area contributed by atoms with Gasteiger partial charge in [0.05, 0.1) is 5.92 Å². The maximum atomic E-state index is 11.7. The molecule has 16 heavy (non-hydrogen) atoms. The number of unbranched alkanes of at least 4 members (excludes halogenated alkanes) is 2. The lowest BCUT2D eigenvalue weighted by molar-refractivity contribution is -0.145. The van der Waals surface area contributed by atoms with Crippen molar-refractivity contribution in [3.05, 3.63) is 0 Å². The highest BCUT2D eigenvalue weighted by atomic mass is 16.4.